The van der Waals surface area contributed by atoms with Crippen LogP contribution in [-0.2, 0) is 11.2 Å². The molecule has 0 radical (unpaired) electrons. The molecule has 2 N–H and O–H groups in total. The van der Waals surface area contributed by atoms with Crippen LogP contribution in [0.25, 0.3) is 5.65 Å². The fraction of sp³-hybridized carbons (Fsp3) is 0.579. The number of pyridine rings is 1. The molecule has 3 heterocycles. The van der Waals surface area contributed by atoms with Crippen LogP contribution in [-0.4, -0.2) is 40.7 Å². The number of nitrogens with zero attached hydrogens (tertiary/aromatic N) is 2. The molecule has 2 aromatic heterocycles. The highest BCUT2D eigenvalue weighted by Crippen LogP contribution is 2.51. The molecule has 1 saturated heterocycles. The number of aromatic nitrogens is 2. The summed E-state index contributed by atoms with van der Waals surface area (Å²) in [5.41, 5.74) is 3.13. The van der Waals surface area contributed by atoms with Gasteiger partial charge in [-0.15, -0.1) is 0 Å². The zero-order valence-corrected chi connectivity index (χ0v) is 15.1. The summed E-state index contributed by atoms with van der Waals surface area (Å²) in [6.45, 7) is 7.78. The third-order valence-corrected chi connectivity index (χ3v) is 5.78. The topological polar surface area (TPSA) is 67.7 Å². The van der Waals surface area contributed by atoms with Crippen molar-refractivity contribution in [3.05, 3.63) is 35.8 Å². The number of urea groups is 1. The first-order chi connectivity index (χ1) is 12.0. The van der Waals surface area contributed by atoms with Crippen LogP contribution in [0.4, 0.5) is 4.79 Å². The Morgan fingerprint density at radius 3 is 3.12 bits per heavy atom. The van der Waals surface area contributed by atoms with E-state index in [9.17, 15) is 4.79 Å². The van der Waals surface area contributed by atoms with Gasteiger partial charge < -0.3 is 19.8 Å². The third-order valence-electron chi connectivity index (χ3n) is 5.78. The Labute approximate surface area is 148 Å². The van der Waals surface area contributed by atoms with Crippen LogP contribution in [0.1, 0.15) is 31.5 Å². The molecular formula is C19H26N4O2. The number of carbonyl (C=O) groups excluding carboxylic acids is 1. The summed E-state index contributed by atoms with van der Waals surface area (Å²) in [6, 6.07) is 4.17. The first kappa shape index (κ1) is 16.4. The lowest BCUT2D eigenvalue weighted by molar-refractivity contribution is -0.108. The number of rotatable bonds is 4. The van der Waals surface area contributed by atoms with Crippen LogP contribution >= 0.6 is 0 Å². The van der Waals surface area contributed by atoms with E-state index in [4.69, 9.17) is 4.74 Å². The van der Waals surface area contributed by atoms with E-state index in [1.54, 1.807) is 0 Å². The number of carbonyl (C=O) groups is 1. The summed E-state index contributed by atoms with van der Waals surface area (Å²) in [5.74, 6) is 0.460. The second-order valence-corrected chi connectivity index (χ2v) is 7.85. The fourth-order valence-electron chi connectivity index (χ4n) is 4.44. The van der Waals surface area contributed by atoms with Gasteiger partial charge in [0.25, 0.3) is 0 Å². The second-order valence-electron chi connectivity index (χ2n) is 7.85. The van der Waals surface area contributed by atoms with E-state index in [1.807, 2.05) is 22.9 Å². The first-order valence-electron chi connectivity index (χ1n) is 9.06. The largest absolute Gasteiger partial charge is 0.377 e. The molecule has 0 spiro atoms. The van der Waals surface area contributed by atoms with Gasteiger partial charge in [-0.2, -0.15) is 0 Å². The summed E-state index contributed by atoms with van der Waals surface area (Å²) >= 11 is 0. The minimum Gasteiger partial charge on any atom is -0.377 e. The van der Waals surface area contributed by atoms with E-state index in [0.29, 0.717) is 18.6 Å². The third kappa shape index (κ3) is 2.78. The molecule has 2 amide bonds. The predicted molar refractivity (Wildman–Crippen MR) is 95.6 cm³/mol. The van der Waals surface area contributed by atoms with E-state index in [2.05, 4.69) is 42.5 Å². The Morgan fingerprint density at radius 1 is 1.48 bits per heavy atom. The predicted octanol–water partition coefficient (Wildman–Crippen LogP) is 2.30. The van der Waals surface area contributed by atoms with E-state index in [0.717, 1.165) is 36.4 Å². The van der Waals surface area contributed by atoms with Crippen molar-refractivity contribution in [2.75, 3.05) is 13.2 Å². The van der Waals surface area contributed by atoms with Gasteiger partial charge in [0.2, 0.25) is 0 Å². The number of hydrogen-bond acceptors (Lipinski definition) is 3. The highest BCUT2D eigenvalue weighted by Gasteiger charge is 2.59. The SMILES string of the molecule is Cc1cccn2cc(CCNC(=O)N[C@@H]3[C@H]4CCO[C@H]4C3(C)C)nc12. The molecule has 3 atom stereocenters. The maximum absolute atomic E-state index is 12.3. The van der Waals surface area contributed by atoms with Gasteiger partial charge in [0.1, 0.15) is 5.65 Å². The van der Waals surface area contributed by atoms with E-state index in [-0.39, 0.29) is 17.5 Å². The van der Waals surface area contributed by atoms with Gasteiger partial charge in [0, 0.05) is 49.3 Å². The summed E-state index contributed by atoms with van der Waals surface area (Å²) in [6.07, 6.45) is 6.08. The number of fused-ring (bicyclic) bond motifs is 2. The molecule has 2 aromatic rings. The quantitative estimate of drug-likeness (QED) is 0.896. The van der Waals surface area contributed by atoms with Crippen molar-refractivity contribution in [1.82, 2.24) is 20.0 Å². The van der Waals surface area contributed by atoms with Crippen molar-refractivity contribution in [1.29, 1.82) is 0 Å². The minimum atomic E-state index is -0.0941. The van der Waals surface area contributed by atoms with Gasteiger partial charge in [-0.25, -0.2) is 9.78 Å². The number of ether oxygens (including phenoxy) is 1. The van der Waals surface area contributed by atoms with Crippen molar-refractivity contribution >= 4 is 11.7 Å². The van der Waals surface area contributed by atoms with Gasteiger partial charge in [0.15, 0.2) is 0 Å². The maximum Gasteiger partial charge on any atom is 0.315 e. The lowest BCUT2D eigenvalue weighted by Gasteiger charge is -2.54. The van der Waals surface area contributed by atoms with Crippen LogP contribution in [0.15, 0.2) is 24.5 Å². The highest BCUT2D eigenvalue weighted by molar-refractivity contribution is 5.74. The molecule has 6 heteroatoms. The minimum absolute atomic E-state index is 0.0115. The lowest BCUT2D eigenvalue weighted by atomic mass is 9.57. The monoisotopic (exact) mass is 342 g/mol. The van der Waals surface area contributed by atoms with Crippen LogP contribution < -0.4 is 10.6 Å². The Morgan fingerprint density at radius 2 is 2.32 bits per heavy atom. The normalized spacial score (nSPS) is 26.9. The van der Waals surface area contributed by atoms with Crippen LogP contribution in [0.3, 0.4) is 0 Å². The van der Waals surface area contributed by atoms with Gasteiger partial charge in [-0.05, 0) is 25.0 Å². The van der Waals surface area contributed by atoms with E-state index in [1.165, 1.54) is 0 Å². The molecule has 0 bridgehead atoms. The Balaban J connectivity index is 1.29. The maximum atomic E-state index is 12.3. The van der Waals surface area contributed by atoms with Crippen molar-refractivity contribution in [3.8, 4) is 0 Å². The van der Waals surface area contributed by atoms with E-state index < -0.39 is 0 Å². The van der Waals surface area contributed by atoms with Crippen molar-refractivity contribution < 1.29 is 9.53 Å². The van der Waals surface area contributed by atoms with Crippen LogP contribution in [0.5, 0.6) is 0 Å². The van der Waals surface area contributed by atoms with Gasteiger partial charge in [-0.3, -0.25) is 0 Å². The summed E-state index contributed by atoms with van der Waals surface area (Å²) in [4.78, 5) is 16.9. The van der Waals surface area contributed by atoms with Gasteiger partial charge in [-0.1, -0.05) is 19.9 Å². The molecule has 2 aliphatic rings. The van der Waals surface area contributed by atoms with Gasteiger partial charge in [0.05, 0.1) is 11.8 Å². The summed E-state index contributed by atoms with van der Waals surface area (Å²) in [7, 11) is 0. The molecule has 134 valence electrons. The molecule has 4 rings (SSSR count). The smallest absolute Gasteiger partial charge is 0.315 e. The fourth-order valence-corrected chi connectivity index (χ4v) is 4.44. The Hall–Kier alpha value is -2.08. The number of hydrogen-bond donors (Lipinski definition) is 2. The summed E-state index contributed by atoms with van der Waals surface area (Å²) < 4.78 is 7.80. The van der Waals surface area contributed by atoms with E-state index >= 15 is 0 Å². The standard InChI is InChI=1S/C19H26N4O2/c1-12-5-4-9-23-11-13(21-17(12)23)6-8-20-18(24)22-15-14-7-10-25-16(14)19(15,2)3/h4-5,9,11,14-16H,6-8,10H2,1-3H3,(H2,20,22,24)/t14-,15-,16-/m1/s1. The number of aryl methyl sites for hydroxylation is 1. The molecule has 1 aliphatic heterocycles. The van der Waals surface area contributed by atoms with Crippen LogP contribution in [0.2, 0.25) is 0 Å². The average molecular weight is 342 g/mol. The molecule has 6 nitrogen and oxygen atoms in total. The molecular weight excluding hydrogens is 316 g/mol. The highest BCUT2D eigenvalue weighted by atomic mass is 16.5. The van der Waals surface area contributed by atoms with Gasteiger partial charge >= 0.3 is 6.03 Å². The van der Waals surface area contributed by atoms with Crippen molar-refractivity contribution in [2.45, 2.75) is 45.8 Å². The first-order valence-corrected chi connectivity index (χ1v) is 9.06. The van der Waals surface area contributed by atoms with Crippen molar-refractivity contribution in [3.63, 3.8) is 0 Å². The van der Waals surface area contributed by atoms with Crippen molar-refractivity contribution in [2.24, 2.45) is 11.3 Å². The summed E-state index contributed by atoms with van der Waals surface area (Å²) in [5, 5.41) is 6.11. The lowest BCUT2D eigenvalue weighted by Crippen LogP contribution is -2.67. The zero-order valence-electron chi connectivity index (χ0n) is 15.1. The Bertz CT molecular complexity index is 798. The molecule has 0 aromatic carbocycles. The second kappa shape index (κ2) is 6.02. The Kier molecular flexibility index (Phi) is 3.95. The molecule has 1 saturated carbocycles. The zero-order chi connectivity index (χ0) is 17.6. The molecule has 0 unspecified atom stereocenters. The molecule has 1 aliphatic carbocycles. The average Bonchev–Trinajstić information content (AvgIpc) is 3.18. The number of amides is 2. The number of imidazole rings is 1. The molecule has 25 heavy (non-hydrogen) atoms. The van der Waals surface area contributed by atoms with Crippen LogP contribution in [0, 0.1) is 18.3 Å². The number of nitrogens with one attached hydrogen (secondary N) is 2. The molecule has 2 fully saturated rings.